The summed E-state index contributed by atoms with van der Waals surface area (Å²) in [5.41, 5.74) is 4.57. The number of halogens is 8. The van der Waals surface area contributed by atoms with E-state index in [-0.39, 0.29) is 28.6 Å². The number of alkyl halides is 6. The summed E-state index contributed by atoms with van der Waals surface area (Å²) in [7, 11) is 3.13. The summed E-state index contributed by atoms with van der Waals surface area (Å²) in [6.07, 6.45) is 0.691. The zero-order chi connectivity index (χ0) is 50.6. The Kier molecular flexibility index (Phi) is 14.5. The number of benzene rings is 4. The highest BCUT2D eigenvalue weighted by Gasteiger charge is 2.33. The van der Waals surface area contributed by atoms with Gasteiger partial charge >= 0.3 is 12.7 Å². The van der Waals surface area contributed by atoms with Crippen molar-refractivity contribution in [2.75, 3.05) is 24.9 Å². The van der Waals surface area contributed by atoms with Gasteiger partial charge in [0.2, 0.25) is 17.2 Å². The van der Waals surface area contributed by atoms with Crippen molar-refractivity contribution >= 4 is 46.5 Å². The molecule has 72 heavy (non-hydrogen) atoms. The van der Waals surface area contributed by atoms with E-state index in [0.717, 1.165) is 72.7 Å². The van der Waals surface area contributed by atoms with E-state index in [1.54, 1.807) is 67.7 Å². The van der Waals surface area contributed by atoms with E-state index in [9.17, 15) is 26.3 Å². The highest BCUT2D eigenvalue weighted by Crippen LogP contribution is 2.37. The summed E-state index contributed by atoms with van der Waals surface area (Å²) in [6.45, 7) is 1.41. The predicted molar refractivity (Wildman–Crippen MR) is 252 cm³/mol. The van der Waals surface area contributed by atoms with Gasteiger partial charge in [-0.25, -0.2) is 24.0 Å². The number of rotatable bonds is 12. The summed E-state index contributed by atoms with van der Waals surface area (Å²) in [6, 6.07) is 22.9. The van der Waals surface area contributed by atoms with E-state index in [2.05, 4.69) is 45.4 Å². The van der Waals surface area contributed by atoms with Crippen LogP contribution >= 0.6 is 23.2 Å². The lowest BCUT2D eigenvalue weighted by Gasteiger charge is -2.15. The van der Waals surface area contributed by atoms with Gasteiger partial charge in [-0.2, -0.15) is 9.97 Å². The molecule has 0 radical (unpaired) electrons. The third kappa shape index (κ3) is 12.0. The molecule has 10 rings (SSSR count). The van der Waals surface area contributed by atoms with Gasteiger partial charge in [0.25, 0.3) is 0 Å². The van der Waals surface area contributed by atoms with Crippen LogP contribution in [0.3, 0.4) is 0 Å². The Hall–Kier alpha value is -7.53. The number of nitrogens with one attached hydrogen (secondary N) is 2. The number of hydrogen-bond acceptors (Lipinski definition) is 13. The number of aromatic nitrogens is 11. The van der Waals surface area contributed by atoms with Gasteiger partial charge < -0.3 is 34.1 Å². The van der Waals surface area contributed by atoms with Gasteiger partial charge in [0.1, 0.15) is 58.1 Å². The van der Waals surface area contributed by atoms with Gasteiger partial charge in [0.15, 0.2) is 0 Å². The van der Waals surface area contributed by atoms with Crippen molar-refractivity contribution in [3.63, 3.8) is 0 Å². The average molecular weight is 1040 g/mol. The smallest absolute Gasteiger partial charge is 0.494 e. The molecule has 25 heteroatoms. The third-order valence-corrected chi connectivity index (χ3v) is 12.1. The van der Waals surface area contributed by atoms with E-state index in [1.165, 1.54) is 35.3 Å². The summed E-state index contributed by atoms with van der Waals surface area (Å²) < 4.78 is 101. The molecule has 2 aliphatic heterocycles. The molecule has 0 unspecified atom stereocenters. The summed E-state index contributed by atoms with van der Waals surface area (Å²) in [5, 5.41) is 20.3. The zero-order valence-electron chi connectivity index (χ0n) is 38.2. The van der Waals surface area contributed by atoms with E-state index >= 15 is 0 Å². The van der Waals surface area contributed by atoms with Crippen LogP contribution in [0.15, 0.2) is 104 Å². The van der Waals surface area contributed by atoms with Crippen LogP contribution in [0.1, 0.15) is 73.1 Å². The largest absolute Gasteiger partial charge is 0.573 e. The van der Waals surface area contributed by atoms with Gasteiger partial charge in [-0.05, 0) is 96.9 Å². The maximum atomic E-state index is 12.5. The number of methoxy groups -OCH3 is 2. The Labute approximate surface area is 416 Å². The van der Waals surface area contributed by atoms with Gasteiger partial charge in [-0.15, -0.1) is 41.6 Å². The van der Waals surface area contributed by atoms with Crippen LogP contribution < -0.4 is 29.6 Å². The molecular formula is C47H43Cl2F6N13O4. The fourth-order valence-electron chi connectivity index (χ4n) is 8.53. The quantitative estimate of drug-likeness (QED) is 0.111. The van der Waals surface area contributed by atoms with E-state index in [1.807, 2.05) is 33.6 Å². The first-order valence-corrected chi connectivity index (χ1v) is 23.1. The van der Waals surface area contributed by atoms with Crippen molar-refractivity contribution in [2.45, 2.75) is 76.2 Å². The zero-order valence-corrected chi connectivity index (χ0v) is 39.7. The Morgan fingerprint density at radius 1 is 0.583 bits per heavy atom. The van der Waals surface area contributed by atoms with Gasteiger partial charge in [0.05, 0.1) is 19.9 Å². The molecule has 2 aliphatic rings. The van der Waals surface area contributed by atoms with E-state index in [4.69, 9.17) is 42.6 Å². The van der Waals surface area contributed by atoms with Gasteiger partial charge in [-0.3, -0.25) is 0 Å². The SMILES string of the molecule is COc1cc(Nc2nc3n(n2)CCCC[C@@H]3c2ccc(OC(F)(F)F)cc2)ccc1-n1cnc(Cl)c1.COc1cc(Nc2nc3n(n2)CCCC[C@H]3c2ccc(OC(F)(F)F)cc2)ccc1-n1cnc(Cl)n1. The molecule has 0 saturated heterocycles. The second-order valence-corrected chi connectivity index (χ2v) is 17.2. The number of imidazole rings is 1. The van der Waals surface area contributed by atoms with Crippen molar-refractivity contribution in [1.82, 2.24) is 53.8 Å². The van der Waals surface area contributed by atoms with Crippen LogP contribution in [0.2, 0.25) is 10.4 Å². The Balaban J connectivity index is 0.000000178. The first kappa shape index (κ1) is 49.5. The summed E-state index contributed by atoms with van der Waals surface area (Å²) >= 11 is 11.8. The van der Waals surface area contributed by atoms with Crippen molar-refractivity contribution in [2.24, 2.45) is 0 Å². The van der Waals surface area contributed by atoms with Crippen LogP contribution in [-0.2, 0) is 13.1 Å². The maximum absolute atomic E-state index is 12.5. The second-order valence-electron chi connectivity index (χ2n) is 16.4. The van der Waals surface area contributed by atoms with Crippen molar-refractivity contribution in [3.8, 4) is 34.4 Å². The number of nitrogens with zero attached hydrogens (tertiary/aromatic N) is 11. The van der Waals surface area contributed by atoms with Gasteiger partial charge in [0, 0.05) is 54.6 Å². The standard InChI is InChI=1S/C24H22ClF3N6O2.C23H21ClF3N7O2/c1-35-20-12-16(7-10-19(20)33-13-21(25)29-14-33)30-23-31-22-18(4-2-3-11-34(22)32-23)15-5-8-17(9-6-15)36-24(26,27)28;1-35-19-12-15(7-10-18(19)34-13-28-21(24)31-34)29-22-30-20-17(4-2-3-11-33(20)32-22)14-5-8-16(9-6-14)36-23(25,26)27/h5-10,12-14,18H,2-4,11H2,1H3,(H,30,32);5-10,12-13,17H,2-4,11H2,1H3,(H,29,32)/t18-;17-/m10/s1. The molecular weight excluding hydrogens is 995 g/mol. The van der Waals surface area contributed by atoms with Crippen molar-refractivity contribution in [3.05, 3.63) is 137 Å². The van der Waals surface area contributed by atoms with Crippen LogP contribution in [0.25, 0.3) is 11.4 Å². The molecule has 376 valence electrons. The van der Waals surface area contributed by atoms with Crippen LogP contribution in [0.5, 0.6) is 23.0 Å². The minimum atomic E-state index is -4.73. The van der Waals surface area contributed by atoms with Crippen molar-refractivity contribution < 1.29 is 45.3 Å². The number of hydrogen-bond donors (Lipinski definition) is 2. The first-order chi connectivity index (χ1) is 34.6. The molecule has 0 saturated carbocycles. The Bertz CT molecular complexity index is 2920. The fraction of sp³-hybridized carbons (Fsp3) is 0.298. The molecule has 0 bridgehead atoms. The van der Waals surface area contributed by atoms with E-state index < -0.39 is 12.7 Å². The average Bonchev–Trinajstić information content (AvgIpc) is 4.12. The maximum Gasteiger partial charge on any atom is 0.573 e. The number of anilines is 4. The monoisotopic (exact) mass is 1040 g/mol. The number of aryl methyl sites for hydroxylation is 2. The number of fused-ring (bicyclic) bond motifs is 2. The summed E-state index contributed by atoms with van der Waals surface area (Å²) in [5.74, 6) is 2.78. The minimum absolute atomic E-state index is 0.0987. The molecule has 8 aromatic rings. The topological polar surface area (TPSA) is 171 Å². The highest BCUT2D eigenvalue weighted by molar-refractivity contribution is 6.29. The number of ether oxygens (including phenoxy) is 4. The molecule has 2 atom stereocenters. The molecule has 0 amide bonds. The van der Waals surface area contributed by atoms with Crippen LogP contribution in [0, 0.1) is 0 Å². The lowest BCUT2D eigenvalue weighted by atomic mass is 9.93. The summed E-state index contributed by atoms with van der Waals surface area (Å²) in [4.78, 5) is 17.4. The third-order valence-electron chi connectivity index (χ3n) is 11.7. The molecule has 17 nitrogen and oxygen atoms in total. The fourth-order valence-corrected chi connectivity index (χ4v) is 8.81. The molecule has 6 heterocycles. The van der Waals surface area contributed by atoms with Crippen LogP contribution in [0.4, 0.5) is 49.6 Å². The second kappa shape index (κ2) is 21.1. The van der Waals surface area contributed by atoms with E-state index in [0.29, 0.717) is 53.0 Å². The van der Waals surface area contributed by atoms with Gasteiger partial charge in [-0.1, -0.05) is 48.7 Å². The Morgan fingerprint density at radius 2 is 1.07 bits per heavy atom. The molecule has 0 aliphatic carbocycles. The molecule has 4 aromatic heterocycles. The molecule has 4 aromatic carbocycles. The Morgan fingerprint density at radius 3 is 1.50 bits per heavy atom. The lowest BCUT2D eigenvalue weighted by molar-refractivity contribution is -0.275. The lowest BCUT2D eigenvalue weighted by Crippen LogP contribution is -2.17. The van der Waals surface area contributed by atoms with Crippen molar-refractivity contribution in [1.29, 1.82) is 0 Å². The van der Waals surface area contributed by atoms with Crippen LogP contribution in [-0.4, -0.2) is 80.8 Å². The molecule has 0 spiro atoms. The molecule has 2 N–H and O–H groups in total. The normalized spacial score (nSPS) is 15.8. The predicted octanol–water partition coefficient (Wildman–Crippen LogP) is 11.6. The first-order valence-electron chi connectivity index (χ1n) is 22.4. The minimum Gasteiger partial charge on any atom is -0.494 e. The molecule has 0 fully saturated rings. The highest BCUT2D eigenvalue weighted by atomic mass is 35.5.